The molecule has 1 aliphatic heterocycles. The van der Waals surface area contributed by atoms with Crippen molar-refractivity contribution in [2.75, 3.05) is 19.8 Å². The van der Waals surface area contributed by atoms with E-state index in [1.54, 1.807) is 0 Å². The van der Waals surface area contributed by atoms with Crippen LogP contribution in [-0.2, 0) is 4.74 Å². The summed E-state index contributed by atoms with van der Waals surface area (Å²) in [7, 11) is 0. The predicted molar refractivity (Wildman–Crippen MR) is 91.0 cm³/mol. The Morgan fingerprint density at radius 1 is 1.30 bits per heavy atom. The SMILES string of the molecule is CCCNC(CC1CCOCC1)c1ccc(Br)cc1Br. The average Bonchev–Trinajstić information content (AvgIpc) is 2.45. The molecule has 2 nitrogen and oxygen atoms in total. The minimum Gasteiger partial charge on any atom is -0.381 e. The summed E-state index contributed by atoms with van der Waals surface area (Å²) < 4.78 is 7.78. The van der Waals surface area contributed by atoms with Crippen LogP contribution < -0.4 is 5.32 Å². The summed E-state index contributed by atoms with van der Waals surface area (Å²) in [6.07, 6.45) is 4.75. The fourth-order valence-corrected chi connectivity index (χ4v) is 4.06. The Labute approximate surface area is 138 Å². The molecule has 1 unspecified atom stereocenters. The quantitative estimate of drug-likeness (QED) is 0.714. The third-order valence-electron chi connectivity index (χ3n) is 3.89. The molecule has 1 aromatic carbocycles. The van der Waals surface area contributed by atoms with Gasteiger partial charge in [0.2, 0.25) is 0 Å². The van der Waals surface area contributed by atoms with Crippen LogP contribution in [0.1, 0.15) is 44.2 Å². The van der Waals surface area contributed by atoms with Gasteiger partial charge in [-0.05, 0) is 55.8 Å². The van der Waals surface area contributed by atoms with E-state index in [0.29, 0.717) is 6.04 Å². The molecule has 20 heavy (non-hydrogen) atoms. The van der Waals surface area contributed by atoms with Gasteiger partial charge in [-0.15, -0.1) is 0 Å². The van der Waals surface area contributed by atoms with E-state index in [0.717, 1.165) is 30.1 Å². The molecule has 1 atom stereocenters. The molecule has 1 heterocycles. The van der Waals surface area contributed by atoms with Gasteiger partial charge in [-0.1, -0.05) is 44.8 Å². The van der Waals surface area contributed by atoms with Crippen molar-refractivity contribution in [1.82, 2.24) is 5.32 Å². The third-order valence-corrected chi connectivity index (χ3v) is 5.07. The van der Waals surface area contributed by atoms with Crippen molar-refractivity contribution >= 4 is 31.9 Å². The molecule has 112 valence electrons. The van der Waals surface area contributed by atoms with Crippen LogP contribution in [0.25, 0.3) is 0 Å². The van der Waals surface area contributed by atoms with Crippen LogP contribution in [0.5, 0.6) is 0 Å². The number of hydrogen-bond donors (Lipinski definition) is 1. The largest absolute Gasteiger partial charge is 0.381 e. The molecule has 0 saturated carbocycles. The molecule has 0 spiro atoms. The van der Waals surface area contributed by atoms with Crippen molar-refractivity contribution in [3.05, 3.63) is 32.7 Å². The standard InChI is InChI=1S/C16H23Br2NO/c1-2-7-19-16(10-12-5-8-20-9-6-12)14-4-3-13(17)11-15(14)18/h3-4,11-12,16,19H,2,5-10H2,1H3. The fraction of sp³-hybridized carbons (Fsp3) is 0.625. The minimum absolute atomic E-state index is 0.431. The summed E-state index contributed by atoms with van der Waals surface area (Å²) in [4.78, 5) is 0. The fourth-order valence-electron chi connectivity index (χ4n) is 2.74. The maximum atomic E-state index is 5.47. The van der Waals surface area contributed by atoms with Gasteiger partial charge in [0.05, 0.1) is 0 Å². The zero-order valence-corrected chi connectivity index (χ0v) is 15.2. The summed E-state index contributed by atoms with van der Waals surface area (Å²) in [6.45, 7) is 5.13. The first kappa shape index (κ1) is 16.5. The summed E-state index contributed by atoms with van der Waals surface area (Å²) in [6, 6.07) is 6.92. The number of ether oxygens (including phenoxy) is 1. The topological polar surface area (TPSA) is 21.3 Å². The van der Waals surface area contributed by atoms with E-state index in [4.69, 9.17) is 4.74 Å². The molecule has 0 radical (unpaired) electrons. The van der Waals surface area contributed by atoms with E-state index in [1.807, 2.05) is 0 Å². The van der Waals surface area contributed by atoms with Gasteiger partial charge >= 0.3 is 0 Å². The lowest BCUT2D eigenvalue weighted by Gasteiger charge is -2.28. The van der Waals surface area contributed by atoms with Crippen molar-refractivity contribution in [1.29, 1.82) is 0 Å². The number of nitrogens with one attached hydrogen (secondary N) is 1. The maximum Gasteiger partial charge on any atom is 0.0468 e. The van der Waals surface area contributed by atoms with E-state index in [2.05, 4.69) is 62.3 Å². The Morgan fingerprint density at radius 3 is 2.70 bits per heavy atom. The number of halogens is 2. The molecule has 0 bridgehead atoms. The molecular formula is C16H23Br2NO. The molecule has 1 saturated heterocycles. The van der Waals surface area contributed by atoms with Crippen molar-refractivity contribution in [3.8, 4) is 0 Å². The number of rotatable bonds is 6. The van der Waals surface area contributed by atoms with Crippen LogP contribution in [0, 0.1) is 5.92 Å². The Kier molecular flexibility index (Phi) is 7.02. The Bertz CT molecular complexity index is 419. The minimum atomic E-state index is 0.431. The maximum absolute atomic E-state index is 5.47. The van der Waals surface area contributed by atoms with Gasteiger partial charge in [0.15, 0.2) is 0 Å². The second kappa shape index (κ2) is 8.52. The van der Waals surface area contributed by atoms with Gasteiger partial charge in [-0.3, -0.25) is 0 Å². The van der Waals surface area contributed by atoms with Crippen LogP contribution in [0.4, 0.5) is 0 Å². The normalized spacial score (nSPS) is 18.1. The number of hydrogen-bond acceptors (Lipinski definition) is 2. The predicted octanol–water partition coefficient (Wildman–Crippen LogP) is 5.07. The van der Waals surface area contributed by atoms with Crippen LogP contribution in [0.15, 0.2) is 27.1 Å². The van der Waals surface area contributed by atoms with Gasteiger partial charge in [0.1, 0.15) is 0 Å². The molecule has 1 aromatic rings. The monoisotopic (exact) mass is 403 g/mol. The van der Waals surface area contributed by atoms with Gasteiger partial charge in [-0.2, -0.15) is 0 Å². The van der Waals surface area contributed by atoms with E-state index in [1.165, 1.54) is 35.7 Å². The molecule has 0 aromatic heterocycles. The van der Waals surface area contributed by atoms with Crippen LogP contribution >= 0.6 is 31.9 Å². The number of benzene rings is 1. The van der Waals surface area contributed by atoms with Gasteiger partial charge < -0.3 is 10.1 Å². The molecule has 0 amide bonds. The first-order valence-corrected chi connectivity index (χ1v) is 9.05. The first-order chi connectivity index (χ1) is 9.70. The summed E-state index contributed by atoms with van der Waals surface area (Å²) in [5.41, 5.74) is 1.37. The highest BCUT2D eigenvalue weighted by Gasteiger charge is 2.21. The highest BCUT2D eigenvalue weighted by Crippen LogP contribution is 2.33. The van der Waals surface area contributed by atoms with Crippen molar-refractivity contribution in [2.45, 2.75) is 38.6 Å². The van der Waals surface area contributed by atoms with Crippen molar-refractivity contribution < 1.29 is 4.74 Å². The van der Waals surface area contributed by atoms with E-state index in [-0.39, 0.29) is 0 Å². The highest BCUT2D eigenvalue weighted by atomic mass is 79.9. The Hall–Kier alpha value is 0.1000. The Morgan fingerprint density at radius 2 is 2.05 bits per heavy atom. The zero-order valence-electron chi connectivity index (χ0n) is 12.0. The van der Waals surface area contributed by atoms with E-state index in [9.17, 15) is 0 Å². The van der Waals surface area contributed by atoms with Crippen molar-refractivity contribution in [3.63, 3.8) is 0 Å². The van der Waals surface area contributed by atoms with Gasteiger partial charge in [0, 0.05) is 28.2 Å². The van der Waals surface area contributed by atoms with E-state index < -0.39 is 0 Å². The Balaban J connectivity index is 2.08. The molecular weight excluding hydrogens is 382 g/mol. The molecule has 1 aliphatic rings. The molecule has 1 N–H and O–H groups in total. The summed E-state index contributed by atoms with van der Waals surface area (Å²) in [5, 5.41) is 3.71. The van der Waals surface area contributed by atoms with E-state index >= 15 is 0 Å². The summed E-state index contributed by atoms with van der Waals surface area (Å²) >= 11 is 7.24. The van der Waals surface area contributed by atoms with Gasteiger partial charge in [0.25, 0.3) is 0 Å². The average molecular weight is 405 g/mol. The second-order valence-corrected chi connectivity index (χ2v) is 7.23. The summed E-state index contributed by atoms with van der Waals surface area (Å²) in [5.74, 6) is 0.772. The van der Waals surface area contributed by atoms with Crippen LogP contribution in [0.3, 0.4) is 0 Å². The molecule has 2 rings (SSSR count). The van der Waals surface area contributed by atoms with Crippen LogP contribution in [-0.4, -0.2) is 19.8 Å². The molecule has 1 fully saturated rings. The molecule has 4 heteroatoms. The highest BCUT2D eigenvalue weighted by molar-refractivity contribution is 9.11. The smallest absolute Gasteiger partial charge is 0.0468 e. The van der Waals surface area contributed by atoms with Gasteiger partial charge in [-0.25, -0.2) is 0 Å². The zero-order chi connectivity index (χ0) is 14.4. The lowest BCUT2D eigenvalue weighted by molar-refractivity contribution is 0.0605. The van der Waals surface area contributed by atoms with Crippen LogP contribution in [0.2, 0.25) is 0 Å². The lowest BCUT2D eigenvalue weighted by atomic mass is 9.89. The second-order valence-electron chi connectivity index (χ2n) is 5.46. The molecule has 0 aliphatic carbocycles. The lowest BCUT2D eigenvalue weighted by Crippen LogP contribution is -2.27. The van der Waals surface area contributed by atoms with Crippen molar-refractivity contribution in [2.24, 2.45) is 5.92 Å². The first-order valence-electron chi connectivity index (χ1n) is 7.46. The third kappa shape index (κ3) is 4.83.